The molecule has 142 valence electrons. The highest BCUT2D eigenvalue weighted by Crippen LogP contribution is 2.31. The molecule has 0 spiro atoms. The maximum atomic E-state index is 14.1. The van der Waals surface area contributed by atoms with Crippen molar-refractivity contribution in [3.8, 4) is 0 Å². The number of carbonyl (C=O) groups excluding carboxylic acids is 1. The Balaban J connectivity index is 1.96. The van der Waals surface area contributed by atoms with Crippen molar-refractivity contribution >= 4 is 44.2 Å². The Morgan fingerprint density at radius 1 is 1.19 bits per heavy atom. The maximum absolute atomic E-state index is 14.1. The van der Waals surface area contributed by atoms with Gasteiger partial charge in [-0.2, -0.15) is 0 Å². The molecule has 27 heavy (non-hydrogen) atoms. The normalized spacial score (nSPS) is 11.3. The first-order valence-corrected chi connectivity index (χ1v) is 10.2. The van der Waals surface area contributed by atoms with E-state index in [1.807, 2.05) is 6.07 Å². The molecule has 1 aromatic heterocycles. The van der Waals surface area contributed by atoms with E-state index in [2.05, 4.69) is 18.8 Å². The number of benzene rings is 2. The fraction of sp³-hybridized carbons (Fsp3) is 0.300. The lowest BCUT2D eigenvalue weighted by molar-refractivity contribution is -0.894. The quantitative estimate of drug-likeness (QED) is 0.650. The van der Waals surface area contributed by atoms with Crippen molar-refractivity contribution in [3.05, 3.63) is 58.9 Å². The van der Waals surface area contributed by atoms with Crippen LogP contribution in [0.15, 0.2) is 42.5 Å². The molecule has 1 amide bonds. The standard InChI is InChI=1S/C20H21ClFN3OS/c1-3-24(4-2)12-13-25(19(26)14-8-10-15(21)11-9-14)20-23-18-16(22)6-5-7-17(18)27-20/h5-11H,3-4,12-13H2,1-2H3/p+1. The van der Waals surface area contributed by atoms with Gasteiger partial charge in [0.25, 0.3) is 5.91 Å². The molecular formula is C20H22ClFN3OS+. The van der Waals surface area contributed by atoms with Crippen LogP contribution in [0.25, 0.3) is 10.2 Å². The minimum atomic E-state index is -0.372. The zero-order valence-electron chi connectivity index (χ0n) is 15.3. The van der Waals surface area contributed by atoms with Crippen LogP contribution in [0.5, 0.6) is 0 Å². The van der Waals surface area contributed by atoms with Crippen molar-refractivity contribution in [2.24, 2.45) is 0 Å². The summed E-state index contributed by atoms with van der Waals surface area (Å²) >= 11 is 7.28. The first-order valence-electron chi connectivity index (χ1n) is 8.99. The monoisotopic (exact) mass is 406 g/mol. The van der Waals surface area contributed by atoms with Crippen molar-refractivity contribution in [3.63, 3.8) is 0 Å². The number of amides is 1. The van der Waals surface area contributed by atoms with Crippen LogP contribution in [0.1, 0.15) is 24.2 Å². The second kappa shape index (κ2) is 8.78. The summed E-state index contributed by atoms with van der Waals surface area (Å²) in [7, 11) is 0. The van der Waals surface area contributed by atoms with Crippen molar-refractivity contribution in [2.45, 2.75) is 13.8 Å². The molecule has 2 aromatic carbocycles. The van der Waals surface area contributed by atoms with E-state index in [1.165, 1.54) is 22.3 Å². The summed E-state index contributed by atoms with van der Waals surface area (Å²) < 4.78 is 14.8. The van der Waals surface area contributed by atoms with Gasteiger partial charge in [0.15, 0.2) is 5.13 Å². The number of likely N-dealkylation sites (N-methyl/N-ethyl adjacent to an activating group) is 1. The molecule has 3 aromatic rings. The fourth-order valence-corrected chi connectivity index (χ4v) is 4.05. The molecule has 0 atom stereocenters. The van der Waals surface area contributed by atoms with E-state index in [0.29, 0.717) is 27.8 Å². The van der Waals surface area contributed by atoms with Crippen LogP contribution < -0.4 is 9.80 Å². The minimum absolute atomic E-state index is 0.155. The number of anilines is 1. The van der Waals surface area contributed by atoms with Gasteiger partial charge in [0.2, 0.25) is 0 Å². The zero-order valence-corrected chi connectivity index (χ0v) is 16.9. The minimum Gasteiger partial charge on any atom is -0.334 e. The molecule has 1 N–H and O–H groups in total. The van der Waals surface area contributed by atoms with Crippen LogP contribution in [0.2, 0.25) is 5.02 Å². The Bertz CT molecular complexity index is 925. The predicted molar refractivity (Wildman–Crippen MR) is 110 cm³/mol. The Morgan fingerprint density at radius 3 is 2.52 bits per heavy atom. The van der Waals surface area contributed by atoms with Gasteiger partial charge in [-0.1, -0.05) is 29.0 Å². The fourth-order valence-electron chi connectivity index (χ4n) is 2.92. The van der Waals surface area contributed by atoms with E-state index in [-0.39, 0.29) is 11.7 Å². The van der Waals surface area contributed by atoms with Crippen LogP contribution in [-0.4, -0.2) is 37.1 Å². The summed E-state index contributed by atoms with van der Waals surface area (Å²) in [5.41, 5.74) is 0.843. The molecule has 4 nitrogen and oxygen atoms in total. The first-order chi connectivity index (χ1) is 13.0. The van der Waals surface area contributed by atoms with Crippen molar-refractivity contribution in [1.29, 1.82) is 0 Å². The SMILES string of the molecule is CC[NH+](CC)CCN(C(=O)c1ccc(Cl)cc1)c1nc2c(F)cccc2s1. The van der Waals surface area contributed by atoms with Crippen LogP contribution >= 0.6 is 22.9 Å². The van der Waals surface area contributed by atoms with Gasteiger partial charge < -0.3 is 4.90 Å². The van der Waals surface area contributed by atoms with Gasteiger partial charge in [-0.3, -0.25) is 9.69 Å². The van der Waals surface area contributed by atoms with E-state index in [0.717, 1.165) is 24.3 Å². The molecule has 7 heteroatoms. The number of fused-ring (bicyclic) bond motifs is 1. The van der Waals surface area contributed by atoms with Gasteiger partial charge in [0.05, 0.1) is 30.9 Å². The highest BCUT2D eigenvalue weighted by Gasteiger charge is 2.23. The number of quaternary nitrogens is 1. The second-order valence-corrected chi connectivity index (χ2v) is 7.70. The summed E-state index contributed by atoms with van der Waals surface area (Å²) in [6, 6.07) is 11.7. The van der Waals surface area contributed by atoms with E-state index in [4.69, 9.17) is 11.6 Å². The van der Waals surface area contributed by atoms with Gasteiger partial charge >= 0.3 is 0 Å². The number of hydrogen-bond donors (Lipinski definition) is 1. The van der Waals surface area contributed by atoms with Gasteiger partial charge in [0, 0.05) is 10.6 Å². The topological polar surface area (TPSA) is 37.6 Å². The van der Waals surface area contributed by atoms with Gasteiger partial charge in [-0.25, -0.2) is 9.37 Å². The molecule has 0 aliphatic rings. The smallest absolute Gasteiger partial charge is 0.260 e. The molecule has 0 saturated carbocycles. The van der Waals surface area contributed by atoms with E-state index < -0.39 is 0 Å². The molecule has 0 radical (unpaired) electrons. The highest BCUT2D eigenvalue weighted by molar-refractivity contribution is 7.22. The number of halogens is 2. The van der Waals surface area contributed by atoms with Crippen molar-refractivity contribution in [1.82, 2.24) is 4.98 Å². The molecule has 0 fully saturated rings. The lowest BCUT2D eigenvalue weighted by Crippen LogP contribution is -3.12. The van der Waals surface area contributed by atoms with Crippen LogP contribution in [0, 0.1) is 5.82 Å². The molecule has 0 bridgehead atoms. The zero-order chi connectivity index (χ0) is 19.4. The Hall–Kier alpha value is -2.02. The number of carbonyl (C=O) groups is 1. The number of aromatic nitrogens is 1. The molecule has 1 heterocycles. The molecule has 0 aliphatic heterocycles. The average Bonchev–Trinajstić information content (AvgIpc) is 3.11. The van der Waals surface area contributed by atoms with Crippen LogP contribution in [0.3, 0.4) is 0 Å². The largest absolute Gasteiger partial charge is 0.334 e. The number of hydrogen-bond acceptors (Lipinski definition) is 3. The lowest BCUT2D eigenvalue weighted by atomic mass is 10.2. The third-order valence-corrected chi connectivity index (χ3v) is 5.91. The number of nitrogens with zero attached hydrogens (tertiary/aromatic N) is 2. The van der Waals surface area contributed by atoms with E-state index >= 15 is 0 Å². The molecule has 0 unspecified atom stereocenters. The Labute approximate surface area is 167 Å². The number of nitrogens with one attached hydrogen (secondary N) is 1. The summed E-state index contributed by atoms with van der Waals surface area (Å²) in [5, 5.41) is 1.09. The van der Waals surface area contributed by atoms with Crippen LogP contribution in [0.4, 0.5) is 9.52 Å². The summed E-state index contributed by atoms with van der Waals surface area (Å²) in [4.78, 5) is 20.6. The summed E-state index contributed by atoms with van der Waals surface area (Å²) in [5.74, 6) is -0.527. The average molecular weight is 407 g/mol. The van der Waals surface area contributed by atoms with Crippen molar-refractivity contribution < 1.29 is 14.1 Å². The third-order valence-electron chi connectivity index (χ3n) is 4.61. The Kier molecular flexibility index (Phi) is 6.42. The van der Waals surface area contributed by atoms with Gasteiger partial charge in [-0.15, -0.1) is 0 Å². The van der Waals surface area contributed by atoms with E-state index in [9.17, 15) is 9.18 Å². The second-order valence-electron chi connectivity index (χ2n) is 6.25. The summed E-state index contributed by atoms with van der Waals surface area (Å²) in [6.45, 7) is 7.51. The van der Waals surface area contributed by atoms with E-state index in [1.54, 1.807) is 35.2 Å². The highest BCUT2D eigenvalue weighted by atomic mass is 35.5. The summed E-state index contributed by atoms with van der Waals surface area (Å²) in [6.07, 6.45) is 0. The number of thiazole rings is 1. The van der Waals surface area contributed by atoms with Gasteiger partial charge in [0.1, 0.15) is 11.3 Å². The van der Waals surface area contributed by atoms with Crippen LogP contribution in [-0.2, 0) is 0 Å². The molecular weight excluding hydrogens is 385 g/mol. The third kappa shape index (κ3) is 4.46. The molecule has 0 saturated heterocycles. The molecule has 0 aliphatic carbocycles. The first kappa shape index (κ1) is 19.7. The van der Waals surface area contributed by atoms with Gasteiger partial charge in [-0.05, 0) is 50.2 Å². The maximum Gasteiger partial charge on any atom is 0.260 e. The van der Waals surface area contributed by atoms with Crippen molar-refractivity contribution in [2.75, 3.05) is 31.1 Å². The number of rotatable bonds is 7. The lowest BCUT2D eigenvalue weighted by Gasteiger charge is -2.23. The molecule has 3 rings (SSSR count). The Morgan fingerprint density at radius 2 is 1.89 bits per heavy atom. The predicted octanol–water partition coefficient (Wildman–Crippen LogP) is 3.66. The number of para-hydroxylation sites is 1.